The lowest BCUT2D eigenvalue weighted by Crippen LogP contribution is -2.20. The number of hydrogen-bond acceptors (Lipinski definition) is 4. The van der Waals surface area contributed by atoms with Crippen LogP contribution >= 0.6 is 0 Å². The van der Waals surface area contributed by atoms with Crippen molar-refractivity contribution in [3.05, 3.63) is 54.1 Å². The fourth-order valence-corrected chi connectivity index (χ4v) is 1.92. The minimum Gasteiger partial charge on any atom is -0.482 e. The molecular formula is C17H18N2O3. The van der Waals surface area contributed by atoms with Crippen molar-refractivity contribution in [3.8, 4) is 5.75 Å². The molecule has 0 aliphatic carbocycles. The SMILES string of the molecule is CCC(=O)c1ccc(OCC(=O)Nc2ccccc2)c(N)c1. The molecule has 2 rings (SSSR count). The minimum absolute atomic E-state index is 0.0140. The maximum atomic E-state index is 11.8. The van der Waals surface area contributed by atoms with Crippen LogP contribution in [0.3, 0.4) is 0 Å². The molecule has 0 unspecified atom stereocenters. The van der Waals surface area contributed by atoms with Crippen molar-refractivity contribution in [3.63, 3.8) is 0 Å². The molecule has 0 spiro atoms. The zero-order chi connectivity index (χ0) is 15.9. The Morgan fingerprint density at radius 3 is 2.50 bits per heavy atom. The first-order valence-corrected chi connectivity index (χ1v) is 7.00. The van der Waals surface area contributed by atoms with Crippen LogP contribution < -0.4 is 15.8 Å². The largest absolute Gasteiger partial charge is 0.482 e. The van der Waals surface area contributed by atoms with Crippen molar-refractivity contribution < 1.29 is 14.3 Å². The van der Waals surface area contributed by atoms with Gasteiger partial charge in [-0.05, 0) is 30.3 Å². The Hall–Kier alpha value is -2.82. The van der Waals surface area contributed by atoms with E-state index in [-0.39, 0.29) is 18.3 Å². The quantitative estimate of drug-likeness (QED) is 0.634. The monoisotopic (exact) mass is 298 g/mol. The van der Waals surface area contributed by atoms with Gasteiger partial charge in [-0.2, -0.15) is 0 Å². The molecule has 0 saturated carbocycles. The molecule has 0 aliphatic heterocycles. The zero-order valence-electron chi connectivity index (χ0n) is 12.3. The van der Waals surface area contributed by atoms with Gasteiger partial charge in [0.05, 0.1) is 5.69 Å². The van der Waals surface area contributed by atoms with Crippen LogP contribution in [0.4, 0.5) is 11.4 Å². The van der Waals surface area contributed by atoms with Crippen LogP contribution in [0, 0.1) is 0 Å². The van der Waals surface area contributed by atoms with Crippen molar-refractivity contribution in [2.45, 2.75) is 13.3 Å². The van der Waals surface area contributed by atoms with E-state index in [9.17, 15) is 9.59 Å². The summed E-state index contributed by atoms with van der Waals surface area (Å²) < 4.78 is 5.39. The highest BCUT2D eigenvalue weighted by Crippen LogP contribution is 2.23. The van der Waals surface area contributed by atoms with Crippen molar-refractivity contribution in [2.24, 2.45) is 0 Å². The number of nitrogens with one attached hydrogen (secondary N) is 1. The van der Waals surface area contributed by atoms with Gasteiger partial charge in [0.2, 0.25) is 0 Å². The van der Waals surface area contributed by atoms with Crippen LogP contribution in [-0.4, -0.2) is 18.3 Å². The van der Waals surface area contributed by atoms with Gasteiger partial charge in [0.1, 0.15) is 5.75 Å². The lowest BCUT2D eigenvalue weighted by atomic mass is 10.1. The first-order valence-electron chi connectivity index (χ1n) is 7.00. The van der Waals surface area contributed by atoms with Gasteiger partial charge < -0.3 is 15.8 Å². The van der Waals surface area contributed by atoms with Gasteiger partial charge in [0, 0.05) is 17.7 Å². The molecular weight excluding hydrogens is 280 g/mol. The summed E-state index contributed by atoms with van der Waals surface area (Å²) in [5, 5.41) is 2.71. The van der Waals surface area contributed by atoms with Crippen LogP contribution in [0.15, 0.2) is 48.5 Å². The number of Topliss-reactive ketones (excluding diaryl/α,β-unsaturated/α-hetero) is 1. The first-order chi connectivity index (χ1) is 10.6. The molecule has 5 heteroatoms. The van der Waals surface area contributed by atoms with Crippen LogP contribution in [0.2, 0.25) is 0 Å². The zero-order valence-corrected chi connectivity index (χ0v) is 12.3. The second-order valence-corrected chi connectivity index (χ2v) is 4.73. The number of para-hydroxylation sites is 1. The Kier molecular flexibility index (Phi) is 5.14. The molecule has 0 atom stereocenters. The molecule has 0 bridgehead atoms. The summed E-state index contributed by atoms with van der Waals surface area (Å²) in [6.07, 6.45) is 0.416. The second kappa shape index (κ2) is 7.26. The topological polar surface area (TPSA) is 81.4 Å². The molecule has 2 aromatic rings. The number of ketones is 1. The van der Waals surface area contributed by atoms with Gasteiger partial charge in [0.15, 0.2) is 12.4 Å². The number of nitrogens with two attached hydrogens (primary N) is 1. The number of carbonyl (C=O) groups is 2. The van der Waals surface area contributed by atoms with Crippen molar-refractivity contribution >= 4 is 23.1 Å². The minimum atomic E-state index is -0.278. The Bertz CT molecular complexity index is 669. The average molecular weight is 298 g/mol. The van der Waals surface area contributed by atoms with Gasteiger partial charge >= 0.3 is 0 Å². The Labute approximate surface area is 129 Å². The van der Waals surface area contributed by atoms with E-state index in [1.165, 1.54) is 0 Å². The molecule has 0 heterocycles. The molecule has 0 radical (unpaired) electrons. The summed E-state index contributed by atoms with van der Waals surface area (Å²) in [5.74, 6) is 0.121. The highest BCUT2D eigenvalue weighted by atomic mass is 16.5. The van der Waals surface area contributed by atoms with E-state index >= 15 is 0 Å². The Morgan fingerprint density at radius 2 is 1.86 bits per heavy atom. The number of benzene rings is 2. The fourth-order valence-electron chi connectivity index (χ4n) is 1.92. The number of rotatable bonds is 6. The Morgan fingerprint density at radius 1 is 1.14 bits per heavy atom. The summed E-state index contributed by atoms with van der Waals surface area (Å²) in [6, 6.07) is 13.9. The van der Waals surface area contributed by atoms with Crippen molar-refractivity contribution in [1.29, 1.82) is 0 Å². The second-order valence-electron chi connectivity index (χ2n) is 4.73. The van der Waals surface area contributed by atoms with Crippen LogP contribution in [0.5, 0.6) is 5.75 Å². The van der Waals surface area contributed by atoms with Gasteiger partial charge in [-0.15, -0.1) is 0 Å². The van der Waals surface area contributed by atoms with Gasteiger partial charge in [-0.3, -0.25) is 9.59 Å². The highest BCUT2D eigenvalue weighted by molar-refractivity contribution is 5.97. The van der Waals surface area contributed by atoms with Gasteiger partial charge in [-0.1, -0.05) is 25.1 Å². The van der Waals surface area contributed by atoms with Crippen molar-refractivity contribution in [1.82, 2.24) is 0 Å². The van der Waals surface area contributed by atoms with E-state index in [0.29, 0.717) is 29.1 Å². The van der Waals surface area contributed by atoms with Gasteiger partial charge in [0.25, 0.3) is 5.91 Å². The first kappa shape index (κ1) is 15.6. The lowest BCUT2D eigenvalue weighted by molar-refractivity contribution is -0.118. The van der Waals surface area contributed by atoms with Crippen molar-refractivity contribution in [2.75, 3.05) is 17.7 Å². The normalized spacial score (nSPS) is 10.0. The van der Waals surface area contributed by atoms with E-state index in [1.54, 1.807) is 37.3 Å². The molecule has 0 aromatic heterocycles. The molecule has 1 amide bonds. The molecule has 5 nitrogen and oxygen atoms in total. The smallest absolute Gasteiger partial charge is 0.262 e. The van der Waals surface area contributed by atoms with Crippen LogP contribution in [-0.2, 0) is 4.79 Å². The summed E-state index contributed by atoms with van der Waals surface area (Å²) in [6.45, 7) is 1.64. The standard InChI is InChI=1S/C17H18N2O3/c1-2-15(20)12-8-9-16(14(18)10-12)22-11-17(21)19-13-6-4-3-5-7-13/h3-10H,2,11,18H2,1H3,(H,19,21). The number of ether oxygens (including phenoxy) is 1. The predicted octanol–water partition coefficient (Wildman–Crippen LogP) is 2.88. The maximum absolute atomic E-state index is 11.8. The summed E-state index contributed by atoms with van der Waals surface area (Å²) in [4.78, 5) is 23.4. The van der Waals surface area contributed by atoms with E-state index in [2.05, 4.69) is 5.32 Å². The number of amides is 1. The molecule has 0 fully saturated rings. The number of nitrogen functional groups attached to an aromatic ring is 1. The number of hydrogen-bond donors (Lipinski definition) is 2. The Balaban J connectivity index is 1.94. The lowest BCUT2D eigenvalue weighted by Gasteiger charge is -2.10. The predicted molar refractivity (Wildman–Crippen MR) is 86.0 cm³/mol. The molecule has 3 N–H and O–H groups in total. The highest BCUT2D eigenvalue weighted by Gasteiger charge is 2.09. The number of carbonyl (C=O) groups excluding carboxylic acids is 2. The van der Waals surface area contributed by atoms with E-state index < -0.39 is 0 Å². The molecule has 114 valence electrons. The maximum Gasteiger partial charge on any atom is 0.262 e. The van der Waals surface area contributed by atoms with E-state index in [0.717, 1.165) is 0 Å². The molecule has 2 aromatic carbocycles. The fraction of sp³-hybridized carbons (Fsp3) is 0.176. The average Bonchev–Trinajstić information content (AvgIpc) is 2.53. The third-order valence-corrected chi connectivity index (χ3v) is 3.07. The number of anilines is 2. The van der Waals surface area contributed by atoms with Gasteiger partial charge in [-0.25, -0.2) is 0 Å². The van der Waals surface area contributed by atoms with Crippen LogP contribution in [0.1, 0.15) is 23.7 Å². The summed E-state index contributed by atoms with van der Waals surface area (Å²) in [7, 11) is 0. The van der Waals surface area contributed by atoms with E-state index in [4.69, 9.17) is 10.5 Å². The summed E-state index contributed by atoms with van der Waals surface area (Å²) >= 11 is 0. The molecule has 0 saturated heterocycles. The third kappa shape index (κ3) is 4.09. The third-order valence-electron chi connectivity index (χ3n) is 3.07. The van der Waals surface area contributed by atoms with Crippen LogP contribution in [0.25, 0.3) is 0 Å². The van der Waals surface area contributed by atoms with E-state index in [1.807, 2.05) is 18.2 Å². The molecule has 22 heavy (non-hydrogen) atoms. The summed E-state index contributed by atoms with van der Waals surface area (Å²) in [5.41, 5.74) is 7.43. The molecule has 0 aliphatic rings.